The van der Waals surface area contributed by atoms with Crippen molar-refractivity contribution in [2.75, 3.05) is 12.4 Å². The summed E-state index contributed by atoms with van der Waals surface area (Å²) in [6.45, 7) is 1.49. The molecule has 1 aromatic carbocycles. The fraction of sp³-hybridized carbons (Fsp3) is 0.364. The zero-order valence-electron chi connectivity index (χ0n) is 11.1. The lowest BCUT2D eigenvalue weighted by atomic mass is 10.2. The van der Waals surface area contributed by atoms with Gasteiger partial charge in [-0.05, 0) is 24.6 Å². The van der Waals surface area contributed by atoms with Crippen molar-refractivity contribution in [1.82, 2.24) is 0 Å². The third kappa shape index (κ3) is 4.90. The van der Waals surface area contributed by atoms with Crippen LogP contribution in [-0.2, 0) is 14.8 Å². The molecule has 10 heteroatoms. The topological polar surface area (TPSA) is 98.5 Å². The average Bonchev–Trinajstić information content (AvgIpc) is 2.24. The Morgan fingerprint density at radius 1 is 1.38 bits per heavy atom. The predicted molar refractivity (Wildman–Crippen MR) is 68.4 cm³/mol. The molecule has 21 heavy (non-hydrogen) atoms. The molecule has 1 amide bonds. The number of hydrogen-bond donors (Lipinski definition) is 2. The number of nitrogens with two attached hydrogens (primary N) is 1. The van der Waals surface area contributed by atoms with Crippen LogP contribution < -0.4 is 15.2 Å². The molecule has 0 fully saturated rings. The minimum atomic E-state index is -4.68. The van der Waals surface area contributed by atoms with Crippen LogP contribution in [0.2, 0.25) is 0 Å². The van der Waals surface area contributed by atoms with Gasteiger partial charge in [-0.25, -0.2) is 13.6 Å². The highest BCUT2D eigenvalue weighted by Crippen LogP contribution is 2.33. The highest BCUT2D eigenvalue weighted by Gasteiger charge is 2.32. The van der Waals surface area contributed by atoms with Gasteiger partial charge in [0.15, 0.2) is 5.75 Å². The maximum absolute atomic E-state index is 12.1. The Morgan fingerprint density at radius 3 is 2.38 bits per heavy atom. The summed E-state index contributed by atoms with van der Waals surface area (Å²) in [5.74, 6) is -1.66. The third-order valence-corrected chi connectivity index (χ3v) is 3.26. The molecule has 0 unspecified atom stereocenters. The fourth-order valence-corrected chi connectivity index (χ4v) is 2.43. The third-order valence-electron chi connectivity index (χ3n) is 2.34. The molecule has 0 aromatic heterocycles. The first-order valence-corrected chi connectivity index (χ1v) is 7.06. The molecular weight excluding hydrogens is 313 g/mol. The van der Waals surface area contributed by atoms with E-state index in [9.17, 15) is 26.4 Å². The molecule has 118 valence electrons. The number of nitrogens with one attached hydrogen (secondary N) is 1. The Morgan fingerprint density at radius 2 is 1.95 bits per heavy atom. The highest BCUT2D eigenvalue weighted by molar-refractivity contribution is 7.89. The van der Waals surface area contributed by atoms with E-state index in [1.807, 2.05) is 5.32 Å². The van der Waals surface area contributed by atoms with Gasteiger partial charge < -0.3 is 10.1 Å². The van der Waals surface area contributed by atoms with Gasteiger partial charge in [0.2, 0.25) is 15.9 Å². The molecule has 6 nitrogen and oxygen atoms in total. The first-order valence-electron chi connectivity index (χ1n) is 5.52. The molecule has 0 spiro atoms. The fourth-order valence-electron chi connectivity index (χ4n) is 1.63. The second-order valence-electron chi connectivity index (χ2n) is 4.23. The molecule has 0 aliphatic heterocycles. The van der Waals surface area contributed by atoms with Crippen molar-refractivity contribution in [3.8, 4) is 5.75 Å². The normalized spacial score (nSPS) is 12.1. The van der Waals surface area contributed by atoms with Crippen LogP contribution in [0.1, 0.15) is 12.0 Å². The van der Waals surface area contributed by atoms with Crippen LogP contribution in [0, 0.1) is 6.92 Å². The average molecular weight is 326 g/mol. The Hall–Kier alpha value is -1.81. The SMILES string of the molecule is COc1c(NC(=O)CC(F)(F)F)cc(C)cc1S(N)(=O)=O. The number of amides is 1. The van der Waals surface area contributed by atoms with Crippen LogP contribution >= 0.6 is 0 Å². The molecule has 0 radical (unpaired) electrons. The van der Waals surface area contributed by atoms with E-state index in [2.05, 4.69) is 0 Å². The second-order valence-corrected chi connectivity index (χ2v) is 5.76. The summed E-state index contributed by atoms with van der Waals surface area (Å²) < 4.78 is 64.1. The van der Waals surface area contributed by atoms with E-state index in [1.54, 1.807) is 0 Å². The molecule has 0 saturated carbocycles. The number of ether oxygens (including phenoxy) is 1. The number of alkyl halides is 3. The lowest BCUT2D eigenvalue weighted by Crippen LogP contribution is -2.22. The molecular formula is C11H13F3N2O4S. The standard InChI is InChI=1S/C11H13F3N2O4S/c1-6-3-7(16-9(17)5-11(12,13)14)10(20-2)8(4-6)21(15,18)19/h3-4H,5H2,1-2H3,(H,16,17)(H2,15,18,19). The number of carbonyl (C=O) groups is 1. The van der Waals surface area contributed by atoms with Gasteiger partial charge in [-0.15, -0.1) is 0 Å². The molecule has 0 aliphatic rings. The number of sulfonamides is 1. The number of rotatable bonds is 4. The van der Waals surface area contributed by atoms with Crippen LogP contribution in [0.25, 0.3) is 0 Å². The van der Waals surface area contributed by atoms with Gasteiger partial charge in [0.1, 0.15) is 11.3 Å². The number of halogens is 3. The van der Waals surface area contributed by atoms with E-state index in [1.165, 1.54) is 19.1 Å². The number of primary sulfonamides is 1. The van der Waals surface area contributed by atoms with Crippen molar-refractivity contribution >= 4 is 21.6 Å². The maximum atomic E-state index is 12.1. The number of carbonyl (C=O) groups excluding carboxylic acids is 1. The van der Waals surface area contributed by atoms with Crippen molar-refractivity contribution in [2.45, 2.75) is 24.4 Å². The highest BCUT2D eigenvalue weighted by atomic mass is 32.2. The van der Waals surface area contributed by atoms with Crippen LogP contribution in [0.3, 0.4) is 0 Å². The first kappa shape index (κ1) is 17.2. The Labute approximate surface area is 119 Å². The number of benzene rings is 1. The molecule has 0 atom stereocenters. The van der Waals surface area contributed by atoms with Gasteiger partial charge in [-0.2, -0.15) is 13.2 Å². The van der Waals surface area contributed by atoms with Gasteiger partial charge in [-0.1, -0.05) is 0 Å². The van der Waals surface area contributed by atoms with E-state index in [0.717, 1.165) is 7.11 Å². The van der Waals surface area contributed by atoms with Gasteiger partial charge in [0.05, 0.1) is 12.8 Å². The molecule has 0 saturated heterocycles. The largest absolute Gasteiger partial charge is 0.493 e. The molecule has 0 heterocycles. The van der Waals surface area contributed by atoms with Crippen LogP contribution in [-0.4, -0.2) is 27.6 Å². The van der Waals surface area contributed by atoms with Gasteiger partial charge >= 0.3 is 6.18 Å². The monoisotopic (exact) mass is 326 g/mol. The van der Waals surface area contributed by atoms with E-state index in [-0.39, 0.29) is 11.4 Å². The first-order chi connectivity index (χ1) is 9.44. The Balaban J connectivity index is 3.25. The quantitative estimate of drug-likeness (QED) is 0.877. The number of hydrogen-bond acceptors (Lipinski definition) is 4. The minimum absolute atomic E-state index is 0.198. The van der Waals surface area contributed by atoms with Crippen molar-refractivity contribution in [1.29, 1.82) is 0 Å². The summed E-state index contributed by atoms with van der Waals surface area (Å²) in [4.78, 5) is 10.9. The summed E-state index contributed by atoms with van der Waals surface area (Å²) >= 11 is 0. The number of aryl methyl sites for hydroxylation is 1. The van der Waals surface area contributed by atoms with Crippen LogP contribution in [0.4, 0.5) is 18.9 Å². The van der Waals surface area contributed by atoms with E-state index < -0.39 is 33.4 Å². The smallest absolute Gasteiger partial charge is 0.397 e. The summed E-state index contributed by atoms with van der Waals surface area (Å²) in [6, 6.07) is 2.47. The molecule has 1 aromatic rings. The van der Waals surface area contributed by atoms with Crippen LogP contribution in [0.15, 0.2) is 17.0 Å². The maximum Gasteiger partial charge on any atom is 0.397 e. The lowest BCUT2D eigenvalue weighted by molar-refractivity contribution is -0.150. The Kier molecular flexibility index (Phi) is 4.84. The van der Waals surface area contributed by atoms with Crippen LogP contribution in [0.5, 0.6) is 5.75 Å². The summed E-state index contributed by atoms with van der Waals surface area (Å²) in [6.07, 6.45) is -6.38. The molecule has 1 rings (SSSR count). The van der Waals surface area contributed by atoms with E-state index in [0.29, 0.717) is 5.56 Å². The second kappa shape index (κ2) is 5.90. The lowest BCUT2D eigenvalue weighted by Gasteiger charge is -2.15. The zero-order valence-corrected chi connectivity index (χ0v) is 11.9. The van der Waals surface area contributed by atoms with Crippen molar-refractivity contribution in [2.24, 2.45) is 5.14 Å². The van der Waals surface area contributed by atoms with Crippen molar-refractivity contribution in [3.05, 3.63) is 17.7 Å². The van der Waals surface area contributed by atoms with Crippen molar-refractivity contribution in [3.63, 3.8) is 0 Å². The molecule has 0 aliphatic carbocycles. The van der Waals surface area contributed by atoms with Gasteiger partial charge in [-0.3, -0.25) is 4.79 Å². The van der Waals surface area contributed by atoms with Crippen molar-refractivity contribution < 1.29 is 31.1 Å². The molecule has 0 bridgehead atoms. The summed E-state index contributed by atoms with van der Waals surface area (Å²) in [5.41, 5.74) is 0.179. The summed E-state index contributed by atoms with van der Waals surface area (Å²) in [7, 11) is -3.05. The van der Waals surface area contributed by atoms with E-state index >= 15 is 0 Å². The van der Waals surface area contributed by atoms with Gasteiger partial charge in [0, 0.05) is 0 Å². The minimum Gasteiger partial charge on any atom is -0.493 e. The predicted octanol–water partition coefficient (Wildman–Crippen LogP) is 1.54. The zero-order chi connectivity index (χ0) is 16.4. The number of methoxy groups -OCH3 is 1. The summed E-state index contributed by atoms with van der Waals surface area (Å²) in [5, 5.41) is 6.97. The van der Waals surface area contributed by atoms with Gasteiger partial charge in [0.25, 0.3) is 0 Å². The molecule has 3 N–H and O–H groups in total. The number of anilines is 1. The Bertz CT molecular complexity index is 656. The van der Waals surface area contributed by atoms with E-state index in [4.69, 9.17) is 9.88 Å².